The minimum atomic E-state index is -0.225. The number of halogens is 1. The highest BCUT2D eigenvalue weighted by Crippen LogP contribution is 2.32. The molecule has 0 aliphatic carbocycles. The standard InChI is InChI=1S/C13H13ClN2OS/c14-12-4-3-11(18-12)10(5-6-15)13(17)9-2-1-7-16-8-9/h1-4,7-8,10H,5-6,15H2. The predicted molar refractivity (Wildman–Crippen MR) is 74.3 cm³/mol. The number of carbonyl (C=O) groups excluding carboxylic acids is 1. The zero-order valence-corrected chi connectivity index (χ0v) is 11.2. The van der Waals surface area contributed by atoms with Crippen molar-refractivity contribution < 1.29 is 4.79 Å². The Labute approximate surface area is 115 Å². The first kappa shape index (κ1) is 13.2. The molecule has 2 aromatic heterocycles. The van der Waals surface area contributed by atoms with Crippen molar-refractivity contribution in [3.8, 4) is 0 Å². The summed E-state index contributed by atoms with van der Waals surface area (Å²) in [6, 6.07) is 7.23. The Bertz CT molecular complexity index is 527. The molecular weight excluding hydrogens is 268 g/mol. The van der Waals surface area contributed by atoms with E-state index in [4.69, 9.17) is 17.3 Å². The van der Waals surface area contributed by atoms with Gasteiger partial charge in [-0.15, -0.1) is 11.3 Å². The van der Waals surface area contributed by atoms with Crippen LogP contribution in [0.4, 0.5) is 0 Å². The third-order valence-corrected chi connectivity index (χ3v) is 4.00. The van der Waals surface area contributed by atoms with E-state index in [9.17, 15) is 4.79 Å². The first-order valence-electron chi connectivity index (χ1n) is 5.62. The molecule has 0 fully saturated rings. The van der Waals surface area contributed by atoms with Crippen LogP contribution in [0.25, 0.3) is 0 Å². The molecule has 18 heavy (non-hydrogen) atoms. The van der Waals surface area contributed by atoms with E-state index in [1.165, 1.54) is 11.3 Å². The molecule has 0 saturated heterocycles. The van der Waals surface area contributed by atoms with Gasteiger partial charge >= 0.3 is 0 Å². The fourth-order valence-electron chi connectivity index (χ4n) is 1.79. The second-order valence-electron chi connectivity index (χ2n) is 3.88. The van der Waals surface area contributed by atoms with E-state index in [1.54, 1.807) is 24.5 Å². The molecule has 0 saturated carbocycles. The molecule has 0 aliphatic rings. The Balaban J connectivity index is 2.28. The molecule has 0 spiro atoms. The molecule has 2 rings (SSSR count). The minimum absolute atomic E-state index is 0.0482. The number of pyridine rings is 1. The summed E-state index contributed by atoms with van der Waals surface area (Å²) in [5.74, 6) is -0.177. The van der Waals surface area contributed by atoms with E-state index >= 15 is 0 Å². The highest BCUT2D eigenvalue weighted by molar-refractivity contribution is 7.16. The van der Waals surface area contributed by atoms with Gasteiger partial charge in [0, 0.05) is 22.8 Å². The van der Waals surface area contributed by atoms with Gasteiger partial charge in [0.1, 0.15) is 0 Å². The van der Waals surface area contributed by atoms with Crippen molar-refractivity contribution in [2.45, 2.75) is 12.3 Å². The normalized spacial score (nSPS) is 12.3. The third-order valence-electron chi connectivity index (χ3n) is 2.66. The molecule has 94 valence electrons. The Morgan fingerprint density at radius 2 is 2.28 bits per heavy atom. The van der Waals surface area contributed by atoms with E-state index in [0.29, 0.717) is 22.9 Å². The van der Waals surface area contributed by atoms with Crippen molar-refractivity contribution in [1.29, 1.82) is 0 Å². The van der Waals surface area contributed by atoms with Gasteiger partial charge < -0.3 is 5.73 Å². The van der Waals surface area contributed by atoms with Crippen LogP contribution in [-0.4, -0.2) is 17.3 Å². The summed E-state index contributed by atoms with van der Waals surface area (Å²) >= 11 is 7.35. The third kappa shape index (κ3) is 2.96. The smallest absolute Gasteiger partial charge is 0.172 e. The second kappa shape index (κ2) is 6.09. The van der Waals surface area contributed by atoms with Gasteiger partial charge in [0.15, 0.2) is 5.78 Å². The highest BCUT2D eigenvalue weighted by atomic mass is 35.5. The first-order chi connectivity index (χ1) is 8.72. The number of nitrogens with zero attached hydrogens (tertiary/aromatic N) is 1. The Hall–Kier alpha value is -1.23. The van der Waals surface area contributed by atoms with E-state index in [2.05, 4.69) is 4.98 Å². The van der Waals surface area contributed by atoms with Gasteiger partial charge in [-0.05, 0) is 37.2 Å². The lowest BCUT2D eigenvalue weighted by Crippen LogP contribution is -2.16. The monoisotopic (exact) mass is 280 g/mol. The van der Waals surface area contributed by atoms with Crippen LogP contribution in [0.15, 0.2) is 36.7 Å². The fourth-order valence-corrected chi connectivity index (χ4v) is 2.99. The number of aromatic nitrogens is 1. The number of hydrogen-bond donors (Lipinski definition) is 1. The quantitative estimate of drug-likeness (QED) is 0.856. The zero-order valence-electron chi connectivity index (χ0n) is 9.67. The molecule has 2 N–H and O–H groups in total. The summed E-state index contributed by atoms with van der Waals surface area (Å²) in [4.78, 5) is 17.3. The van der Waals surface area contributed by atoms with Crippen molar-refractivity contribution in [2.24, 2.45) is 5.73 Å². The lowest BCUT2D eigenvalue weighted by molar-refractivity contribution is 0.0957. The van der Waals surface area contributed by atoms with Gasteiger partial charge in [0.25, 0.3) is 0 Å². The molecule has 2 aromatic rings. The number of thiophene rings is 1. The largest absolute Gasteiger partial charge is 0.330 e. The lowest BCUT2D eigenvalue weighted by Gasteiger charge is -2.12. The molecule has 0 radical (unpaired) electrons. The number of hydrogen-bond acceptors (Lipinski definition) is 4. The van der Waals surface area contributed by atoms with Crippen LogP contribution >= 0.6 is 22.9 Å². The summed E-state index contributed by atoms with van der Waals surface area (Å²) in [5.41, 5.74) is 6.20. The molecule has 3 nitrogen and oxygen atoms in total. The van der Waals surface area contributed by atoms with Crippen molar-refractivity contribution in [2.75, 3.05) is 6.54 Å². The molecule has 0 bridgehead atoms. The number of ketones is 1. The topological polar surface area (TPSA) is 56.0 Å². The van der Waals surface area contributed by atoms with Crippen LogP contribution < -0.4 is 5.73 Å². The van der Waals surface area contributed by atoms with Gasteiger partial charge in [-0.25, -0.2) is 0 Å². The summed E-state index contributed by atoms with van der Waals surface area (Å²) in [6.07, 6.45) is 3.85. The van der Waals surface area contributed by atoms with Crippen LogP contribution in [0.2, 0.25) is 4.34 Å². The molecular formula is C13H13ClN2OS. The summed E-state index contributed by atoms with van der Waals surface area (Å²) in [5, 5.41) is 0. The number of nitrogens with two attached hydrogens (primary N) is 1. The van der Waals surface area contributed by atoms with Gasteiger partial charge in [-0.2, -0.15) is 0 Å². The van der Waals surface area contributed by atoms with Crippen LogP contribution in [0.3, 0.4) is 0 Å². The van der Waals surface area contributed by atoms with Gasteiger partial charge in [0.05, 0.1) is 10.3 Å². The van der Waals surface area contributed by atoms with Crippen LogP contribution in [-0.2, 0) is 0 Å². The van der Waals surface area contributed by atoms with E-state index in [0.717, 1.165) is 4.88 Å². The Kier molecular flexibility index (Phi) is 4.47. The predicted octanol–water partition coefficient (Wildman–Crippen LogP) is 3.11. The number of carbonyl (C=O) groups is 1. The van der Waals surface area contributed by atoms with Crippen molar-refractivity contribution in [3.05, 3.63) is 51.4 Å². The van der Waals surface area contributed by atoms with Gasteiger partial charge in [-0.1, -0.05) is 11.6 Å². The molecule has 2 heterocycles. The van der Waals surface area contributed by atoms with Crippen molar-refractivity contribution in [1.82, 2.24) is 4.98 Å². The Morgan fingerprint density at radius 1 is 1.44 bits per heavy atom. The molecule has 1 unspecified atom stereocenters. The summed E-state index contributed by atoms with van der Waals surface area (Å²) < 4.78 is 0.686. The molecule has 0 aromatic carbocycles. The molecule has 5 heteroatoms. The van der Waals surface area contributed by atoms with E-state index < -0.39 is 0 Å². The second-order valence-corrected chi connectivity index (χ2v) is 5.62. The maximum absolute atomic E-state index is 12.4. The van der Waals surface area contributed by atoms with Crippen LogP contribution in [0.5, 0.6) is 0 Å². The fraction of sp³-hybridized carbons (Fsp3) is 0.231. The lowest BCUT2D eigenvalue weighted by atomic mass is 9.94. The van der Waals surface area contributed by atoms with Crippen molar-refractivity contribution >= 4 is 28.7 Å². The average molecular weight is 281 g/mol. The van der Waals surface area contributed by atoms with Crippen LogP contribution in [0.1, 0.15) is 27.6 Å². The number of Topliss-reactive ketones (excluding diaryl/α,β-unsaturated/α-hetero) is 1. The molecule has 1 atom stereocenters. The minimum Gasteiger partial charge on any atom is -0.330 e. The molecule has 0 amide bonds. The highest BCUT2D eigenvalue weighted by Gasteiger charge is 2.22. The first-order valence-corrected chi connectivity index (χ1v) is 6.81. The maximum atomic E-state index is 12.4. The van der Waals surface area contributed by atoms with Crippen molar-refractivity contribution in [3.63, 3.8) is 0 Å². The van der Waals surface area contributed by atoms with Gasteiger partial charge in [-0.3, -0.25) is 9.78 Å². The summed E-state index contributed by atoms with van der Waals surface area (Å²) in [6.45, 7) is 0.464. The molecule has 0 aliphatic heterocycles. The van der Waals surface area contributed by atoms with Gasteiger partial charge in [0.2, 0.25) is 0 Å². The zero-order chi connectivity index (χ0) is 13.0. The van der Waals surface area contributed by atoms with E-state index in [-0.39, 0.29) is 11.7 Å². The summed E-state index contributed by atoms with van der Waals surface area (Å²) in [7, 11) is 0. The maximum Gasteiger partial charge on any atom is 0.172 e. The van der Waals surface area contributed by atoms with Crippen LogP contribution in [0, 0.1) is 0 Å². The average Bonchev–Trinajstić information content (AvgIpc) is 2.82. The SMILES string of the molecule is NCCC(C(=O)c1cccnc1)c1ccc(Cl)s1. The van der Waals surface area contributed by atoms with E-state index in [1.807, 2.05) is 12.1 Å². The number of rotatable bonds is 5. The Morgan fingerprint density at radius 3 is 2.83 bits per heavy atom.